The number of aromatic nitrogens is 1. The lowest BCUT2D eigenvalue weighted by Crippen LogP contribution is -2.32. The minimum absolute atomic E-state index is 0.628. The maximum absolute atomic E-state index is 9.32. The molecule has 0 radical (unpaired) electrons. The van der Waals surface area contributed by atoms with Gasteiger partial charge in [-0.2, -0.15) is 0 Å². The lowest BCUT2D eigenvalue weighted by atomic mass is 10.1. The Morgan fingerprint density at radius 1 is 1.55 bits per heavy atom. The molecular formula is C8H12N2O. The Hall–Kier alpha value is -0.930. The van der Waals surface area contributed by atoms with Crippen LogP contribution in [0.15, 0.2) is 18.3 Å². The number of hydrogen-bond acceptors (Lipinski definition) is 3. The van der Waals surface area contributed by atoms with Gasteiger partial charge in [-0.05, 0) is 19.9 Å². The summed E-state index contributed by atoms with van der Waals surface area (Å²) < 4.78 is 0. The summed E-state index contributed by atoms with van der Waals surface area (Å²) in [6.07, 6.45) is 1.58. The second-order valence-electron chi connectivity index (χ2n) is 2.84. The molecule has 0 saturated carbocycles. The van der Waals surface area contributed by atoms with E-state index in [-0.39, 0.29) is 0 Å². The number of rotatable bonds is 1. The highest BCUT2D eigenvalue weighted by Gasteiger charge is 2.15. The van der Waals surface area contributed by atoms with E-state index in [1.807, 2.05) is 13.0 Å². The molecule has 11 heavy (non-hydrogen) atoms. The van der Waals surface area contributed by atoms with Crippen LogP contribution in [-0.2, 0) is 5.72 Å². The number of aryl methyl sites for hydroxylation is 1. The zero-order chi connectivity index (χ0) is 8.48. The highest BCUT2D eigenvalue weighted by Crippen LogP contribution is 2.12. The molecule has 1 unspecified atom stereocenters. The van der Waals surface area contributed by atoms with Gasteiger partial charge in [0.25, 0.3) is 0 Å². The van der Waals surface area contributed by atoms with Crippen LogP contribution in [0.4, 0.5) is 0 Å². The van der Waals surface area contributed by atoms with Gasteiger partial charge < -0.3 is 5.11 Å². The third-order valence-corrected chi connectivity index (χ3v) is 1.50. The van der Waals surface area contributed by atoms with Gasteiger partial charge in [-0.3, -0.25) is 10.7 Å². The van der Waals surface area contributed by atoms with Crippen molar-refractivity contribution in [3.63, 3.8) is 0 Å². The average molecular weight is 152 g/mol. The summed E-state index contributed by atoms with van der Waals surface area (Å²) in [7, 11) is 0. The predicted octanol–water partition coefficient (Wildman–Crippen LogP) is 0.514. The van der Waals surface area contributed by atoms with Gasteiger partial charge in [0.15, 0.2) is 0 Å². The van der Waals surface area contributed by atoms with Gasteiger partial charge in [0.2, 0.25) is 0 Å². The van der Waals surface area contributed by atoms with Crippen LogP contribution >= 0.6 is 0 Å². The number of hydrogen-bond donors (Lipinski definition) is 2. The summed E-state index contributed by atoms with van der Waals surface area (Å²) >= 11 is 0. The van der Waals surface area contributed by atoms with Crippen molar-refractivity contribution in [1.82, 2.24) is 4.98 Å². The quantitative estimate of drug-likeness (QED) is 0.576. The van der Waals surface area contributed by atoms with E-state index in [2.05, 4.69) is 4.98 Å². The summed E-state index contributed by atoms with van der Waals surface area (Å²) in [5.74, 6) is 0. The fourth-order valence-electron chi connectivity index (χ4n) is 0.767. The van der Waals surface area contributed by atoms with Gasteiger partial charge in [0.05, 0.1) is 0 Å². The lowest BCUT2D eigenvalue weighted by Gasteiger charge is -2.16. The van der Waals surface area contributed by atoms with Crippen molar-refractivity contribution < 1.29 is 5.11 Å². The molecule has 1 rings (SSSR count). The number of nitrogens with two attached hydrogens (primary N) is 1. The van der Waals surface area contributed by atoms with Crippen molar-refractivity contribution in [2.45, 2.75) is 19.6 Å². The Bertz CT molecular complexity index is 235. The van der Waals surface area contributed by atoms with E-state index in [4.69, 9.17) is 5.73 Å². The van der Waals surface area contributed by atoms with E-state index in [1.54, 1.807) is 12.3 Å². The van der Waals surface area contributed by atoms with Gasteiger partial charge in [0, 0.05) is 17.5 Å². The lowest BCUT2D eigenvalue weighted by molar-refractivity contribution is 0.0643. The van der Waals surface area contributed by atoms with Gasteiger partial charge in [-0.1, -0.05) is 6.07 Å². The molecule has 0 spiro atoms. The number of pyridine rings is 1. The minimum Gasteiger partial charge on any atom is -0.372 e. The van der Waals surface area contributed by atoms with Crippen LogP contribution in [0, 0.1) is 6.92 Å². The molecule has 1 atom stereocenters. The molecule has 3 heteroatoms. The summed E-state index contributed by atoms with van der Waals surface area (Å²) in [5.41, 5.74) is 5.69. The Kier molecular flexibility index (Phi) is 1.93. The molecule has 1 aromatic heterocycles. The zero-order valence-corrected chi connectivity index (χ0v) is 6.70. The van der Waals surface area contributed by atoms with E-state index in [1.165, 1.54) is 6.92 Å². The first-order valence-electron chi connectivity index (χ1n) is 3.44. The molecule has 3 nitrogen and oxygen atoms in total. The molecule has 1 aromatic rings. The highest BCUT2D eigenvalue weighted by atomic mass is 16.3. The first kappa shape index (κ1) is 8.17. The molecule has 0 amide bonds. The van der Waals surface area contributed by atoms with Crippen LogP contribution in [-0.4, -0.2) is 10.1 Å². The zero-order valence-electron chi connectivity index (χ0n) is 6.70. The molecular weight excluding hydrogens is 140 g/mol. The van der Waals surface area contributed by atoms with Crippen molar-refractivity contribution in [1.29, 1.82) is 0 Å². The fourth-order valence-corrected chi connectivity index (χ4v) is 0.767. The Morgan fingerprint density at radius 3 is 2.55 bits per heavy atom. The van der Waals surface area contributed by atoms with Crippen LogP contribution in [0.1, 0.15) is 18.2 Å². The van der Waals surface area contributed by atoms with E-state index in [0.717, 1.165) is 5.69 Å². The summed E-state index contributed by atoms with van der Waals surface area (Å²) in [6.45, 7) is 3.41. The van der Waals surface area contributed by atoms with E-state index < -0.39 is 5.72 Å². The van der Waals surface area contributed by atoms with Gasteiger partial charge >= 0.3 is 0 Å². The fraction of sp³-hybridized carbons (Fsp3) is 0.375. The molecule has 60 valence electrons. The molecule has 0 aliphatic heterocycles. The van der Waals surface area contributed by atoms with Crippen molar-refractivity contribution in [2.75, 3.05) is 0 Å². The third-order valence-electron chi connectivity index (χ3n) is 1.50. The van der Waals surface area contributed by atoms with Crippen molar-refractivity contribution in [2.24, 2.45) is 5.73 Å². The predicted molar refractivity (Wildman–Crippen MR) is 42.7 cm³/mol. The van der Waals surface area contributed by atoms with Gasteiger partial charge in [-0.25, -0.2) is 0 Å². The van der Waals surface area contributed by atoms with Crippen molar-refractivity contribution in [3.8, 4) is 0 Å². The standard InChI is InChI=1S/C8H12N2O/c1-6-3-4-7(5-10-6)8(2,9)11/h3-5,11H,9H2,1-2H3. The van der Waals surface area contributed by atoms with E-state index >= 15 is 0 Å². The molecule has 0 fully saturated rings. The van der Waals surface area contributed by atoms with Crippen LogP contribution in [0.25, 0.3) is 0 Å². The monoisotopic (exact) mass is 152 g/mol. The van der Waals surface area contributed by atoms with Crippen LogP contribution < -0.4 is 5.73 Å². The first-order chi connectivity index (χ1) is 5.00. The second kappa shape index (κ2) is 2.60. The topological polar surface area (TPSA) is 59.1 Å². The molecule has 0 aliphatic rings. The maximum Gasteiger partial charge on any atom is 0.138 e. The van der Waals surface area contributed by atoms with Crippen LogP contribution in [0.3, 0.4) is 0 Å². The molecule has 1 heterocycles. The SMILES string of the molecule is Cc1ccc(C(C)(N)O)cn1. The molecule has 0 aromatic carbocycles. The van der Waals surface area contributed by atoms with Crippen molar-refractivity contribution in [3.05, 3.63) is 29.6 Å². The summed E-state index contributed by atoms with van der Waals surface area (Å²) in [6, 6.07) is 3.58. The van der Waals surface area contributed by atoms with E-state index in [0.29, 0.717) is 5.56 Å². The maximum atomic E-state index is 9.32. The first-order valence-corrected chi connectivity index (χ1v) is 3.44. The molecule has 0 aliphatic carbocycles. The van der Waals surface area contributed by atoms with Gasteiger partial charge in [0.1, 0.15) is 5.72 Å². The number of aliphatic hydroxyl groups is 1. The van der Waals surface area contributed by atoms with Crippen LogP contribution in [0.5, 0.6) is 0 Å². The Labute approximate surface area is 65.9 Å². The van der Waals surface area contributed by atoms with Crippen molar-refractivity contribution >= 4 is 0 Å². The summed E-state index contributed by atoms with van der Waals surface area (Å²) in [5, 5.41) is 9.32. The van der Waals surface area contributed by atoms with Crippen LogP contribution in [0.2, 0.25) is 0 Å². The largest absolute Gasteiger partial charge is 0.372 e. The van der Waals surface area contributed by atoms with E-state index in [9.17, 15) is 5.11 Å². The highest BCUT2D eigenvalue weighted by molar-refractivity contribution is 5.18. The minimum atomic E-state index is -1.28. The molecule has 0 saturated heterocycles. The Balaban J connectivity index is 2.99. The molecule has 3 N–H and O–H groups in total. The number of nitrogens with zero attached hydrogens (tertiary/aromatic N) is 1. The molecule has 0 bridgehead atoms. The summed E-state index contributed by atoms with van der Waals surface area (Å²) in [4.78, 5) is 4.01. The Morgan fingerprint density at radius 2 is 2.18 bits per heavy atom. The normalized spacial score (nSPS) is 16.0. The third kappa shape index (κ3) is 2.00. The smallest absolute Gasteiger partial charge is 0.138 e. The van der Waals surface area contributed by atoms with Gasteiger partial charge in [-0.15, -0.1) is 0 Å². The average Bonchev–Trinajstić information content (AvgIpc) is 1.86. The second-order valence-corrected chi connectivity index (χ2v) is 2.84.